The molecule has 0 nitrogen and oxygen atoms in total. The van der Waals surface area contributed by atoms with Crippen molar-refractivity contribution in [2.45, 2.75) is 13.8 Å². The molecule has 0 heterocycles. The SMILES string of the molecule is Cc1ccc2c(c1)C=C/C2=C1/C=Cc2cc(C)ccc21. The van der Waals surface area contributed by atoms with E-state index in [2.05, 4.69) is 74.5 Å². The van der Waals surface area contributed by atoms with Crippen molar-refractivity contribution in [3.8, 4) is 0 Å². The molecule has 0 atom stereocenters. The van der Waals surface area contributed by atoms with Crippen LogP contribution >= 0.6 is 0 Å². The molecule has 0 fully saturated rings. The van der Waals surface area contributed by atoms with Crippen LogP contribution in [-0.2, 0) is 0 Å². The van der Waals surface area contributed by atoms with E-state index in [0.29, 0.717) is 0 Å². The second kappa shape index (κ2) is 4.08. The molecule has 0 amide bonds. The first-order chi connectivity index (χ1) is 9.72. The van der Waals surface area contributed by atoms with Crippen molar-refractivity contribution in [1.29, 1.82) is 0 Å². The van der Waals surface area contributed by atoms with Gasteiger partial charge in [-0.2, -0.15) is 0 Å². The molecule has 2 aliphatic rings. The zero-order valence-corrected chi connectivity index (χ0v) is 11.8. The van der Waals surface area contributed by atoms with Gasteiger partial charge in [-0.25, -0.2) is 0 Å². The lowest BCUT2D eigenvalue weighted by molar-refractivity contribution is 1.44. The topological polar surface area (TPSA) is 0 Å². The van der Waals surface area contributed by atoms with E-state index in [1.54, 1.807) is 0 Å². The van der Waals surface area contributed by atoms with Crippen LogP contribution in [0.25, 0.3) is 23.3 Å². The van der Waals surface area contributed by atoms with Gasteiger partial charge >= 0.3 is 0 Å². The molecule has 4 rings (SSSR count). The fourth-order valence-corrected chi connectivity index (χ4v) is 3.13. The van der Waals surface area contributed by atoms with Crippen molar-refractivity contribution in [2.75, 3.05) is 0 Å². The average Bonchev–Trinajstić information content (AvgIpc) is 3.01. The minimum Gasteiger partial charge on any atom is -0.0587 e. The van der Waals surface area contributed by atoms with Gasteiger partial charge in [0, 0.05) is 0 Å². The van der Waals surface area contributed by atoms with Crippen molar-refractivity contribution in [3.63, 3.8) is 0 Å². The predicted octanol–water partition coefficient (Wildman–Crippen LogP) is 5.27. The van der Waals surface area contributed by atoms with Crippen LogP contribution in [-0.4, -0.2) is 0 Å². The Hall–Kier alpha value is -2.34. The monoisotopic (exact) mass is 256 g/mol. The number of hydrogen-bond acceptors (Lipinski definition) is 0. The summed E-state index contributed by atoms with van der Waals surface area (Å²) in [6.45, 7) is 4.29. The second-order valence-corrected chi connectivity index (χ2v) is 5.68. The quantitative estimate of drug-likeness (QED) is 0.602. The molecule has 2 aromatic carbocycles. The maximum absolute atomic E-state index is 2.26. The first kappa shape index (κ1) is 11.5. The molecule has 20 heavy (non-hydrogen) atoms. The van der Waals surface area contributed by atoms with E-state index in [0.717, 1.165) is 0 Å². The van der Waals surface area contributed by atoms with Gasteiger partial charge in [-0.05, 0) is 47.2 Å². The van der Waals surface area contributed by atoms with Gasteiger partial charge in [0.2, 0.25) is 0 Å². The highest BCUT2D eigenvalue weighted by molar-refractivity contribution is 6.10. The van der Waals surface area contributed by atoms with E-state index in [-0.39, 0.29) is 0 Å². The first-order valence-corrected chi connectivity index (χ1v) is 7.05. The molecule has 0 saturated carbocycles. The van der Waals surface area contributed by atoms with Gasteiger partial charge in [-0.15, -0.1) is 0 Å². The molecular formula is C20H16. The predicted molar refractivity (Wildman–Crippen MR) is 87.2 cm³/mol. The lowest BCUT2D eigenvalue weighted by Gasteiger charge is -2.08. The van der Waals surface area contributed by atoms with Gasteiger partial charge in [0.05, 0.1) is 0 Å². The Bertz CT molecular complexity index is 744. The number of hydrogen-bond donors (Lipinski definition) is 0. The number of fused-ring (bicyclic) bond motifs is 2. The maximum atomic E-state index is 2.26. The zero-order valence-electron chi connectivity index (χ0n) is 11.8. The molecular weight excluding hydrogens is 240 g/mol. The van der Waals surface area contributed by atoms with E-state index in [9.17, 15) is 0 Å². The molecule has 96 valence electrons. The fourth-order valence-electron chi connectivity index (χ4n) is 3.13. The summed E-state index contributed by atoms with van der Waals surface area (Å²) in [5.41, 5.74) is 10.7. The summed E-state index contributed by atoms with van der Waals surface area (Å²) in [4.78, 5) is 0. The Morgan fingerprint density at radius 1 is 0.550 bits per heavy atom. The van der Waals surface area contributed by atoms with Crippen molar-refractivity contribution < 1.29 is 0 Å². The number of aryl methyl sites for hydroxylation is 2. The van der Waals surface area contributed by atoms with Crippen LogP contribution in [0.1, 0.15) is 33.4 Å². The molecule has 2 aromatic rings. The molecule has 0 bridgehead atoms. The van der Waals surface area contributed by atoms with Gasteiger partial charge < -0.3 is 0 Å². The average molecular weight is 256 g/mol. The summed E-state index contributed by atoms with van der Waals surface area (Å²) in [5, 5.41) is 0. The second-order valence-electron chi connectivity index (χ2n) is 5.68. The smallest absolute Gasteiger partial charge is 0.00990 e. The van der Waals surface area contributed by atoms with Gasteiger partial charge in [0.15, 0.2) is 0 Å². The van der Waals surface area contributed by atoms with Crippen LogP contribution < -0.4 is 0 Å². The van der Waals surface area contributed by atoms with Gasteiger partial charge in [-0.1, -0.05) is 71.8 Å². The summed E-state index contributed by atoms with van der Waals surface area (Å²) in [5.74, 6) is 0. The van der Waals surface area contributed by atoms with Gasteiger partial charge in [0.25, 0.3) is 0 Å². The molecule has 0 N–H and O–H groups in total. The van der Waals surface area contributed by atoms with Gasteiger partial charge in [0.1, 0.15) is 0 Å². The zero-order chi connectivity index (χ0) is 13.7. The maximum Gasteiger partial charge on any atom is -0.00990 e. The van der Waals surface area contributed by atoms with E-state index in [1.807, 2.05) is 0 Å². The van der Waals surface area contributed by atoms with Crippen molar-refractivity contribution in [3.05, 3.63) is 81.9 Å². The van der Waals surface area contributed by atoms with Crippen LogP contribution in [0, 0.1) is 13.8 Å². The standard InChI is InChI=1S/C20H16/c1-13-3-7-17-15(11-13)5-9-19(17)20-10-6-16-12-14(2)4-8-18(16)20/h3-12H,1-2H3/b20-19+. The molecule has 0 radical (unpaired) electrons. The highest BCUT2D eigenvalue weighted by Gasteiger charge is 2.18. The Morgan fingerprint density at radius 3 is 1.45 bits per heavy atom. The fraction of sp³-hybridized carbons (Fsp3) is 0.100. The molecule has 0 saturated heterocycles. The summed E-state index contributed by atoms with van der Waals surface area (Å²) in [6, 6.07) is 13.4. The van der Waals surface area contributed by atoms with E-state index in [1.165, 1.54) is 44.5 Å². The summed E-state index contributed by atoms with van der Waals surface area (Å²) >= 11 is 0. The third-order valence-corrected chi connectivity index (χ3v) is 4.14. The highest BCUT2D eigenvalue weighted by Crippen LogP contribution is 2.40. The third kappa shape index (κ3) is 1.61. The molecule has 2 aliphatic carbocycles. The number of rotatable bonds is 0. The summed E-state index contributed by atoms with van der Waals surface area (Å²) < 4.78 is 0. The summed E-state index contributed by atoms with van der Waals surface area (Å²) in [7, 11) is 0. The molecule has 0 heteroatoms. The number of benzene rings is 2. The Morgan fingerprint density at radius 2 is 1.00 bits per heavy atom. The third-order valence-electron chi connectivity index (χ3n) is 4.14. The van der Waals surface area contributed by atoms with Crippen LogP contribution in [0.5, 0.6) is 0 Å². The van der Waals surface area contributed by atoms with Crippen LogP contribution in [0.3, 0.4) is 0 Å². The Labute approximate surface area is 119 Å². The van der Waals surface area contributed by atoms with Crippen LogP contribution in [0.4, 0.5) is 0 Å². The Kier molecular flexibility index (Phi) is 2.34. The highest BCUT2D eigenvalue weighted by atomic mass is 14.2. The molecule has 0 spiro atoms. The van der Waals surface area contributed by atoms with Crippen molar-refractivity contribution >= 4 is 23.3 Å². The van der Waals surface area contributed by atoms with Gasteiger partial charge in [-0.3, -0.25) is 0 Å². The lowest BCUT2D eigenvalue weighted by Crippen LogP contribution is -1.88. The normalized spacial score (nSPS) is 18.5. The van der Waals surface area contributed by atoms with Crippen molar-refractivity contribution in [2.24, 2.45) is 0 Å². The van der Waals surface area contributed by atoms with Crippen molar-refractivity contribution in [1.82, 2.24) is 0 Å². The van der Waals surface area contributed by atoms with Crippen LogP contribution in [0.2, 0.25) is 0 Å². The minimum absolute atomic E-state index is 1.32. The van der Waals surface area contributed by atoms with E-state index < -0.39 is 0 Å². The first-order valence-electron chi connectivity index (χ1n) is 7.05. The largest absolute Gasteiger partial charge is 0.0587 e. The number of allylic oxidation sites excluding steroid dienone is 4. The summed E-state index contributed by atoms with van der Waals surface area (Å²) in [6.07, 6.45) is 8.95. The molecule has 0 aliphatic heterocycles. The molecule has 0 unspecified atom stereocenters. The Balaban J connectivity index is 1.93. The minimum atomic E-state index is 1.32. The van der Waals surface area contributed by atoms with Crippen LogP contribution in [0.15, 0.2) is 48.6 Å². The van der Waals surface area contributed by atoms with E-state index >= 15 is 0 Å². The molecule has 0 aromatic heterocycles. The van der Waals surface area contributed by atoms with E-state index in [4.69, 9.17) is 0 Å². The lowest BCUT2D eigenvalue weighted by atomic mass is 9.95.